The average molecular weight is 373 g/mol. The molecule has 0 aliphatic carbocycles. The standard InChI is InChI=1S/C19H19NO5S/c1-3-4-13-25-16-9-11-17(12-10-16)26(23)18(19(21)20-22)14-5-7-15(24-2)8-6-14/h5-12,18,22H,13H2,1-2H3,(H,20,21)/t18-,26-/m0/s1. The van der Waals surface area contributed by atoms with Crippen LogP contribution in [0, 0.1) is 11.8 Å². The Morgan fingerprint density at radius 2 is 1.77 bits per heavy atom. The van der Waals surface area contributed by atoms with Crippen LogP contribution in [0.15, 0.2) is 53.4 Å². The van der Waals surface area contributed by atoms with Gasteiger partial charge in [0.1, 0.15) is 23.4 Å². The van der Waals surface area contributed by atoms with Crippen LogP contribution >= 0.6 is 0 Å². The molecule has 0 spiro atoms. The Labute approximate surface area is 154 Å². The lowest BCUT2D eigenvalue weighted by Gasteiger charge is -2.16. The molecule has 2 rings (SSSR count). The van der Waals surface area contributed by atoms with Gasteiger partial charge >= 0.3 is 0 Å². The highest BCUT2D eigenvalue weighted by Crippen LogP contribution is 2.28. The van der Waals surface area contributed by atoms with Gasteiger partial charge in [0, 0.05) is 4.90 Å². The number of amides is 1. The van der Waals surface area contributed by atoms with Gasteiger partial charge in [-0.1, -0.05) is 18.1 Å². The second kappa shape index (κ2) is 9.61. The molecule has 0 radical (unpaired) electrons. The molecular weight excluding hydrogens is 354 g/mol. The fraction of sp³-hybridized carbons (Fsp3) is 0.211. The highest BCUT2D eigenvalue weighted by atomic mass is 32.2. The fourth-order valence-electron chi connectivity index (χ4n) is 2.21. The van der Waals surface area contributed by atoms with Crippen molar-refractivity contribution in [2.24, 2.45) is 0 Å². The fourth-order valence-corrected chi connectivity index (χ4v) is 3.54. The van der Waals surface area contributed by atoms with E-state index in [4.69, 9.17) is 14.7 Å². The largest absolute Gasteiger partial charge is 0.497 e. The van der Waals surface area contributed by atoms with Crippen molar-refractivity contribution in [3.63, 3.8) is 0 Å². The summed E-state index contributed by atoms with van der Waals surface area (Å²) in [6, 6.07) is 13.2. The lowest BCUT2D eigenvalue weighted by Crippen LogP contribution is -2.29. The maximum absolute atomic E-state index is 12.9. The van der Waals surface area contributed by atoms with Gasteiger partial charge in [0.2, 0.25) is 0 Å². The molecular formula is C19H19NO5S. The van der Waals surface area contributed by atoms with E-state index in [0.717, 1.165) is 0 Å². The number of carbonyl (C=O) groups excluding carboxylic acids is 1. The molecule has 1 amide bonds. The van der Waals surface area contributed by atoms with Crippen LogP contribution in [0.3, 0.4) is 0 Å². The number of nitrogens with one attached hydrogen (secondary N) is 1. The number of hydrogen-bond donors (Lipinski definition) is 2. The second-order valence-electron chi connectivity index (χ2n) is 5.11. The highest BCUT2D eigenvalue weighted by Gasteiger charge is 2.28. The number of benzene rings is 2. The number of rotatable bonds is 7. The Kier molecular flexibility index (Phi) is 7.21. The molecule has 0 saturated heterocycles. The molecule has 7 heteroatoms. The minimum atomic E-state index is -1.72. The Hall–Kier alpha value is -2.82. The van der Waals surface area contributed by atoms with E-state index >= 15 is 0 Å². The van der Waals surface area contributed by atoms with Gasteiger partial charge in [-0.15, -0.1) is 5.92 Å². The quantitative estimate of drug-likeness (QED) is 0.442. The van der Waals surface area contributed by atoms with Crippen molar-refractivity contribution in [1.82, 2.24) is 5.48 Å². The first-order valence-corrected chi connectivity index (χ1v) is 8.93. The predicted molar refractivity (Wildman–Crippen MR) is 97.5 cm³/mol. The third-order valence-electron chi connectivity index (χ3n) is 3.52. The molecule has 26 heavy (non-hydrogen) atoms. The van der Waals surface area contributed by atoms with E-state index in [1.807, 2.05) is 0 Å². The Bertz CT molecular complexity index is 822. The van der Waals surface area contributed by atoms with Crippen molar-refractivity contribution in [2.45, 2.75) is 17.1 Å². The van der Waals surface area contributed by atoms with Gasteiger partial charge in [-0.3, -0.25) is 14.2 Å². The molecule has 0 heterocycles. The minimum Gasteiger partial charge on any atom is -0.497 e. The van der Waals surface area contributed by atoms with Crippen molar-refractivity contribution in [3.05, 3.63) is 54.1 Å². The van der Waals surface area contributed by atoms with Crippen molar-refractivity contribution >= 4 is 16.7 Å². The zero-order valence-electron chi connectivity index (χ0n) is 14.4. The first-order valence-electron chi connectivity index (χ1n) is 7.71. The topological polar surface area (TPSA) is 84.9 Å². The smallest absolute Gasteiger partial charge is 0.263 e. The lowest BCUT2D eigenvalue weighted by atomic mass is 10.1. The normalized spacial score (nSPS) is 12.3. The van der Waals surface area contributed by atoms with Crippen LogP contribution in [0.4, 0.5) is 0 Å². The molecule has 136 valence electrons. The molecule has 2 N–H and O–H groups in total. The SMILES string of the molecule is CC#CCOc1ccc([S@](=O)[C@H](C(=O)NO)c2ccc(OC)cc2)cc1. The molecule has 0 aromatic heterocycles. The molecule has 0 saturated carbocycles. The van der Waals surface area contributed by atoms with E-state index in [9.17, 15) is 9.00 Å². The van der Waals surface area contributed by atoms with Crippen molar-refractivity contribution in [3.8, 4) is 23.3 Å². The molecule has 0 aliphatic heterocycles. The van der Waals surface area contributed by atoms with Crippen molar-refractivity contribution in [2.75, 3.05) is 13.7 Å². The summed E-state index contributed by atoms with van der Waals surface area (Å²) in [6.07, 6.45) is 0. The van der Waals surface area contributed by atoms with Crippen LogP contribution < -0.4 is 15.0 Å². The van der Waals surface area contributed by atoms with Gasteiger partial charge in [-0.25, -0.2) is 5.48 Å². The third-order valence-corrected chi connectivity index (χ3v) is 5.18. The number of hydrogen-bond acceptors (Lipinski definition) is 5. The van der Waals surface area contributed by atoms with Crippen LogP contribution in [-0.4, -0.2) is 29.0 Å². The minimum absolute atomic E-state index is 0.264. The Morgan fingerprint density at radius 3 is 2.31 bits per heavy atom. The van der Waals surface area contributed by atoms with Gasteiger partial charge in [-0.2, -0.15) is 0 Å². The van der Waals surface area contributed by atoms with E-state index in [1.165, 1.54) is 7.11 Å². The second-order valence-corrected chi connectivity index (χ2v) is 6.65. The van der Waals surface area contributed by atoms with Crippen LogP contribution in [0.25, 0.3) is 0 Å². The summed E-state index contributed by atoms with van der Waals surface area (Å²) < 4.78 is 23.4. The molecule has 2 aromatic rings. The predicted octanol–water partition coefficient (Wildman–Crippen LogP) is 2.45. The van der Waals surface area contributed by atoms with Crippen LogP contribution in [0.1, 0.15) is 17.7 Å². The monoisotopic (exact) mass is 373 g/mol. The van der Waals surface area contributed by atoms with Crippen molar-refractivity contribution < 1.29 is 23.7 Å². The highest BCUT2D eigenvalue weighted by molar-refractivity contribution is 7.86. The molecule has 0 aliphatic rings. The summed E-state index contributed by atoms with van der Waals surface area (Å²) in [5.41, 5.74) is 2.08. The van der Waals surface area contributed by atoms with E-state index in [2.05, 4.69) is 11.8 Å². The average Bonchev–Trinajstić information content (AvgIpc) is 2.69. The summed E-state index contributed by atoms with van der Waals surface area (Å²) in [5, 5.41) is 7.97. The van der Waals surface area contributed by atoms with Crippen LogP contribution in [-0.2, 0) is 15.6 Å². The number of hydroxylamine groups is 1. The third kappa shape index (κ3) is 4.85. The zero-order chi connectivity index (χ0) is 18.9. The van der Waals surface area contributed by atoms with Gasteiger partial charge in [0.05, 0.1) is 17.9 Å². The Morgan fingerprint density at radius 1 is 1.15 bits per heavy atom. The Balaban J connectivity index is 2.25. The molecule has 0 fully saturated rings. The maximum atomic E-state index is 12.9. The number of carbonyl (C=O) groups is 1. The molecule has 2 atom stereocenters. The van der Waals surface area contributed by atoms with Crippen LogP contribution in [0.5, 0.6) is 11.5 Å². The van der Waals surface area contributed by atoms with E-state index < -0.39 is 22.0 Å². The van der Waals surface area contributed by atoms with E-state index in [-0.39, 0.29) is 6.61 Å². The first-order chi connectivity index (χ1) is 12.6. The van der Waals surface area contributed by atoms with Gasteiger partial charge in [0.15, 0.2) is 0 Å². The summed E-state index contributed by atoms with van der Waals surface area (Å²) >= 11 is 0. The first kappa shape index (κ1) is 19.5. The lowest BCUT2D eigenvalue weighted by molar-refractivity contribution is -0.128. The van der Waals surface area contributed by atoms with E-state index in [1.54, 1.807) is 60.9 Å². The summed E-state index contributed by atoms with van der Waals surface area (Å²) in [7, 11) is -0.194. The number of ether oxygens (including phenoxy) is 2. The molecule has 0 bridgehead atoms. The number of methoxy groups -OCH3 is 1. The summed E-state index contributed by atoms with van der Waals surface area (Å²) in [5.74, 6) is 5.95. The maximum Gasteiger partial charge on any atom is 0.263 e. The zero-order valence-corrected chi connectivity index (χ0v) is 15.2. The van der Waals surface area contributed by atoms with Crippen LogP contribution in [0.2, 0.25) is 0 Å². The summed E-state index contributed by atoms with van der Waals surface area (Å²) in [4.78, 5) is 12.5. The van der Waals surface area contributed by atoms with Gasteiger partial charge < -0.3 is 9.47 Å². The van der Waals surface area contributed by atoms with E-state index in [0.29, 0.717) is 22.0 Å². The molecule has 6 nitrogen and oxygen atoms in total. The van der Waals surface area contributed by atoms with Gasteiger partial charge in [0.25, 0.3) is 5.91 Å². The molecule has 0 unspecified atom stereocenters. The summed E-state index contributed by atoms with van der Waals surface area (Å²) in [6.45, 7) is 1.99. The van der Waals surface area contributed by atoms with Gasteiger partial charge in [-0.05, 0) is 48.9 Å². The molecule has 2 aromatic carbocycles. The van der Waals surface area contributed by atoms with Crippen molar-refractivity contribution in [1.29, 1.82) is 0 Å².